The summed E-state index contributed by atoms with van der Waals surface area (Å²) in [6.45, 7) is 1.49. The third kappa shape index (κ3) is 3.29. The zero-order valence-corrected chi connectivity index (χ0v) is 10.5. The van der Waals surface area contributed by atoms with Crippen LogP contribution < -0.4 is 5.32 Å². The summed E-state index contributed by atoms with van der Waals surface area (Å²) in [5.74, 6) is -0.769. The summed E-state index contributed by atoms with van der Waals surface area (Å²) in [6, 6.07) is 10.1. The van der Waals surface area contributed by atoms with Crippen LogP contribution >= 0.6 is 0 Å². The summed E-state index contributed by atoms with van der Waals surface area (Å²) in [5, 5.41) is 12.3. The van der Waals surface area contributed by atoms with E-state index in [1.807, 2.05) is 0 Å². The number of aliphatic hydroxyl groups excluding tert-OH is 1. The Morgan fingerprint density at radius 3 is 2.53 bits per heavy atom. The summed E-state index contributed by atoms with van der Waals surface area (Å²) < 4.78 is 27.0. The highest BCUT2D eigenvalue weighted by Crippen LogP contribution is 2.23. The number of anilines is 1. The lowest BCUT2D eigenvalue weighted by molar-refractivity contribution is 0.274. The molecule has 1 atom stereocenters. The van der Waals surface area contributed by atoms with Crippen LogP contribution in [0.5, 0.6) is 0 Å². The number of hydrogen-bond acceptors (Lipinski definition) is 2. The van der Waals surface area contributed by atoms with Gasteiger partial charge in [-0.15, -0.1) is 0 Å². The molecule has 0 saturated carbocycles. The van der Waals surface area contributed by atoms with Crippen molar-refractivity contribution in [1.82, 2.24) is 0 Å². The van der Waals surface area contributed by atoms with Crippen LogP contribution in [0, 0.1) is 18.6 Å². The zero-order valence-electron chi connectivity index (χ0n) is 10.5. The zero-order chi connectivity index (χ0) is 13.8. The molecule has 0 radical (unpaired) electrons. The molecule has 0 spiro atoms. The molecule has 100 valence electrons. The highest BCUT2D eigenvalue weighted by molar-refractivity contribution is 5.48. The molecule has 0 heterocycles. The van der Waals surface area contributed by atoms with E-state index in [9.17, 15) is 13.9 Å². The van der Waals surface area contributed by atoms with Crippen molar-refractivity contribution in [2.75, 3.05) is 11.9 Å². The van der Waals surface area contributed by atoms with Gasteiger partial charge < -0.3 is 10.4 Å². The normalized spacial score (nSPS) is 12.2. The van der Waals surface area contributed by atoms with Crippen molar-refractivity contribution in [3.05, 3.63) is 65.2 Å². The molecule has 0 bridgehead atoms. The van der Waals surface area contributed by atoms with Crippen molar-refractivity contribution >= 4 is 5.69 Å². The molecule has 0 aliphatic carbocycles. The number of halogens is 2. The fourth-order valence-electron chi connectivity index (χ4n) is 2.00. The van der Waals surface area contributed by atoms with E-state index in [1.165, 1.54) is 18.2 Å². The average Bonchev–Trinajstić information content (AvgIpc) is 2.36. The van der Waals surface area contributed by atoms with Crippen LogP contribution in [0.25, 0.3) is 0 Å². The lowest BCUT2D eigenvalue weighted by atomic mass is 10.1. The van der Waals surface area contributed by atoms with Crippen LogP contribution in [0.4, 0.5) is 14.5 Å². The van der Waals surface area contributed by atoms with Gasteiger partial charge in [-0.2, -0.15) is 0 Å². The van der Waals surface area contributed by atoms with Crippen LogP contribution in [-0.2, 0) is 0 Å². The van der Waals surface area contributed by atoms with Gasteiger partial charge in [0.05, 0.1) is 12.6 Å². The molecule has 2 aromatic rings. The molecular formula is C15H15F2NO. The van der Waals surface area contributed by atoms with Crippen molar-refractivity contribution < 1.29 is 13.9 Å². The fraction of sp³-hybridized carbons (Fsp3) is 0.200. The number of benzene rings is 2. The van der Waals surface area contributed by atoms with Gasteiger partial charge >= 0.3 is 0 Å². The van der Waals surface area contributed by atoms with Gasteiger partial charge in [0.25, 0.3) is 0 Å². The van der Waals surface area contributed by atoms with Gasteiger partial charge in [0, 0.05) is 11.3 Å². The summed E-state index contributed by atoms with van der Waals surface area (Å²) >= 11 is 0. The second kappa shape index (κ2) is 5.80. The number of nitrogens with one attached hydrogen (secondary N) is 1. The molecule has 0 fully saturated rings. The average molecular weight is 263 g/mol. The Labute approximate surface area is 110 Å². The Kier molecular flexibility index (Phi) is 4.12. The fourth-order valence-corrected chi connectivity index (χ4v) is 2.00. The van der Waals surface area contributed by atoms with Crippen LogP contribution in [0.2, 0.25) is 0 Å². The molecular weight excluding hydrogens is 248 g/mol. The van der Waals surface area contributed by atoms with Gasteiger partial charge in [-0.25, -0.2) is 8.78 Å². The number of rotatable bonds is 4. The highest BCUT2D eigenvalue weighted by Gasteiger charge is 2.14. The molecule has 2 aromatic carbocycles. The molecule has 1 unspecified atom stereocenters. The quantitative estimate of drug-likeness (QED) is 0.886. The lowest BCUT2D eigenvalue weighted by Gasteiger charge is -2.19. The first-order chi connectivity index (χ1) is 9.10. The topological polar surface area (TPSA) is 32.3 Å². The van der Waals surface area contributed by atoms with Gasteiger partial charge in [0.1, 0.15) is 11.6 Å². The van der Waals surface area contributed by atoms with E-state index >= 15 is 0 Å². The second-order valence-corrected chi connectivity index (χ2v) is 4.42. The van der Waals surface area contributed by atoms with Gasteiger partial charge in [-0.05, 0) is 36.8 Å². The summed E-state index contributed by atoms with van der Waals surface area (Å²) in [6.07, 6.45) is 0. The first-order valence-electron chi connectivity index (χ1n) is 5.99. The third-order valence-electron chi connectivity index (χ3n) is 2.85. The van der Waals surface area contributed by atoms with Gasteiger partial charge in [-0.1, -0.05) is 18.2 Å². The summed E-state index contributed by atoms with van der Waals surface area (Å²) in [5.41, 5.74) is 1.62. The van der Waals surface area contributed by atoms with Gasteiger partial charge in [0.2, 0.25) is 0 Å². The Morgan fingerprint density at radius 1 is 1.16 bits per heavy atom. The van der Waals surface area contributed by atoms with Crippen LogP contribution in [0.1, 0.15) is 17.2 Å². The lowest BCUT2D eigenvalue weighted by Crippen LogP contribution is -2.16. The minimum atomic E-state index is -0.609. The largest absolute Gasteiger partial charge is 0.394 e. The van der Waals surface area contributed by atoms with E-state index in [-0.39, 0.29) is 12.4 Å². The minimum absolute atomic E-state index is 0.281. The van der Waals surface area contributed by atoms with E-state index < -0.39 is 11.9 Å². The van der Waals surface area contributed by atoms with E-state index in [2.05, 4.69) is 5.32 Å². The van der Waals surface area contributed by atoms with Crippen molar-refractivity contribution in [2.24, 2.45) is 0 Å². The van der Waals surface area contributed by atoms with Crippen molar-refractivity contribution in [3.8, 4) is 0 Å². The molecule has 0 aliphatic heterocycles. The third-order valence-corrected chi connectivity index (χ3v) is 2.85. The maximum atomic E-state index is 13.7. The molecule has 4 heteroatoms. The monoisotopic (exact) mass is 263 g/mol. The maximum Gasteiger partial charge on any atom is 0.128 e. The number of hydrogen-bond donors (Lipinski definition) is 2. The Morgan fingerprint density at radius 2 is 1.89 bits per heavy atom. The number of aryl methyl sites for hydroxylation is 1. The molecule has 0 amide bonds. The molecule has 2 nitrogen and oxygen atoms in total. The van der Waals surface area contributed by atoms with E-state index in [1.54, 1.807) is 31.2 Å². The standard InChI is InChI=1S/C15H15F2NO/c1-10-6-11(16)8-12(7-10)18-15(9-19)13-4-2-3-5-14(13)17/h2-8,15,18-19H,9H2,1H3. The van der Waals surface area contributed by atoms with Crippen molar-refractivity contribution in [2.45, 2.75) is 13.0 Å². The Hall–Kier alpha value is -1.94. The summed E-state index contributed by atoms with van der Waals surface area (Å²) in [7, 11) is 0. The molecule has 19 heavy (non-hydrogen) atoms. The van der Waals surface area contributed by atoms with Gasteiger partial charge in [0.15, 0.2) is 0 Å². The van der Waals surface area contributed by atoms with Crippen LogP contribution in [-0.4, -0.2) is 11.7 Å². The predicted molar refractivity (Wildman–Crippen MR) is 71.0 cm³/mol. The van der Waals surface area contributed by atoms with Crippen LogP contribution in [0.15, 0.2) is 42.5 Å². The predicted octanol–water partition coefficient (Wildman–Crippen LogP) is 3.42. The van der Waals surface area contributed by atoms with Crippen LogP contribution in [0.3, 0.4) is 0 Å². The highest BCUT2D eigenvalue weighted by atomic mass is 19.1. The van der Waals surface area contributed by atoms with E-state index in [4.69, 9.17) is 0 Å². The molecule has 2 N–H and O–H groups in total. The Balaban J connectivity index is 2.26. The smallest absolute Gasteiger partial charge is 0.128 e. The minimum Gasteiger partial charge on any atom is -0.394 e. The van der Waals surface area contributed by atoms with Crippen molar-refractivity contribution in [3.63, 3.8) is 0 Å². The number of aliphatic hydroxyl groups is 1. The Bertz CT molecular complexity index is 552. The molecule has 0 saturated heterocycles. The first kappa shape index (κ1) is 13.5. The SMILES string of the molecule is Cc1cc(F)cc(NC(CO)c2ccccc2F)c1. The van der Waals surface area contributed by atoms with E-state index in [0.29, 0.717) is 11.3 Å². The van der Waals surface area contributed by atoms with Gasteiger partial charge in [-0.3, -0.25) is 0 Å². The molecule has 0 aromatic heterocycles. The maximum absolute atomic E-state index is 13.7. The summed E-state index contributed by atoms with van der Waals surface area (Å²) in [4.78, 5) is 0. The first-order valence-corrected chi connectivity index (χ1v) is 5.99. The molecule has 2 rings (SSSR count). The van der Waals surface area contributed by atoms with E-state index in [0.717, 1.165) is 5.56 Å². The van der Waals surface area contributed by atoms with Crippen molar-refractivity contribution in [1.29, 1.82) is 0 Å². The second-order valence-electron chi connectivity index (χ2n) is 4.42. The molecule has 0 aliphatic rings.